The molecule has 0 spiro atoms. The Kier molecular flexibility index (Phi) is 6.67. The van der Waals surface area contributed by atoms with Crippen molar-refractivity contribution < 1.29 is 9.53 Å². The Morgan fingerprint density at radius 3 is 2.69 bits per heavy atom. The van der Waals surface area contributed by atoms with Crippen LogP contribution in [-0.4, -0.2) is 30.7 Å². The predicted molar refractivity (Wildman–Crippen MR) is 95.7 cm³/mol. The quantitative estimate of drug-likeness (QED) is 0.409. The Balaban J connectivity index is 2.14. The third-order valence-corrected chi connectivity index (χ3v) is 4.07. The highest BCUT2D eigenvalue weighted by molar-refractivity contribution is 5.98. The van der Waals surface area contributed by atoms with Gasteiger partial charge in [0.05, 0.1) is 0 Å². The van der Waals surface area contributed by atoms with Gasteiger partial charge in [-0.25, -0.2) is 9.48 Å². The second kappa shape index (κ2) is 8.94. The molecule has 0 saturated carbocycles. The summed E-state index contributed by atoms with van der Waals surface area (Å²) in [7, 11) is 0. The van der Waals surface area contributed by atoms with Crippen molar-refractivity contribution in [1.82, 2.24) is 24.8 Å². The van der Waals surface area contributed by atoms with E-state index in [4.69, 9.17) is 4.74 Å². The van der Waals surface area contributed by atoms with Crippen molar-refractivity contribution in [3.05, 3.63) is 34.4 Å². The molecule has 8 heteroatoms. The lowest BCUT2D eigenvalue weighted by Gasteiger charge is -2.07. The lowest BCUT2D eigenvalue weighted by atomic mass is 10.1. The third-order valence-electron chi connectivity index (χ3n) is 4.07. The lowest BCUT2D eigenvalue weighted by molar-refractivity contribution is -0.140. The second-order valence-electron chi connectivity index (χ2n) is 6.04. The van der Waals surface area contributed by atoms with Crippen molar-refractivity contribution >= 4 is 12.0 Å². The van der Waals surface area contributed by atoms with E-state index in [1.165, 1.54) is 0 Å². The lowest BCUT2D eigenvalue weighted by Crippen LogP contribution is -2.12. The summed E-state index contributed by atoms with van der Waals surface area (Å²) in [6.07, 6.45) is 3.45. The molecule has 26 heavy (non-hydrogen) atoms. The molecule has 0 unspecified atom stereocenters. The molecule has 0 aliphatic heterocycles. The maximum Gasteiger partial charge on any atom is 0.349 e. The van der Waals surface area contributed by atoms with Gasteiger partial charge >= 0.3 is 5.97 Å². The number of carbonyl (C=O) groups is 1. The highest BCUT2D eigenvalue weighted by Crippen LogP contribution is 2.19. The molecule has 2 aromatic heterocycles. The van der Waals surface area contributed by atoms with E-state index >= 15 is 0 Å². The number of aromatic nitrogens is 5. The number of nitriles is 1. The van der Waals surface area contributed by atoms with Gasteiger partial charge in [0, 0.05) is 24.5 Å². The molecule has 0 fully saturated rings. The summed E-state index contributed by atoms with van der Waals surface area (Å²) in [6.45, 7) is 9.58. The van der Waals surface area contributed by atoms with E-state index in [2.05, 4.69) is 27.0 Å². The van der Waals surface area contributed by atoms with E-state index in [1.807, 2.05) is 32.9 Å². The number of rotatable bonds is 8. The normalized spacial score (nSPS) is 11.4. The van der Waals surface area contributed by atoms with Crippen molar-refractivity contribution in [2.45, 2.75) is 60.2 Å². The SMILES string of the molecule is CCCn1nnnc1COC(=O)/C(C#N)=C/c1cc(C)n(CCC)c1C. The first-order valence-corrected chi connectivity index (χ1v) is 8.72. The van der Waals surface area contributed by atoms with Crippen LogP contribution in [0.25, 0.3) is 6.08 Å². The van der Waals surface area contributed by atoms with Gasteiger partial charge in [-0.15, -0.1) is 5.10 Å². The van der Waals surface area contributed by atoms with Crippen LogP contribution in [0.15, 0.2) is 11.6 Å². The Hall–Kier alpha value is -2.95. The van der Waals surface area contributed by atoms with E-state index in [0.717, 1.165) is 36.3 Å². The molecule has 0 saturated heterocycles. The number of hydrogen-bond donors (Lipinski definition) is 0. The smallest absolute Gasteiger partial charge is 0.349 e. The van der Waals surface area contributed by atoms with E-state index in [0.29, 0.717) is 12.4 Å². The fraction of sp³-hybridized carbons (Fsp3) is 0.500. The Labute approximate surface area is 153 Å². The zero-order valence-electron chi connectivity index (χ0n) is 15.7. The van der Waals surface area contributed by atoms with Crippen molar-refractivity contribution in [2.75, 3.05) is 0 Å². The number of tetrazole rings is 1. The molecule has 2 aromatic rings. The maximum absolute atomic E-state index is 12.3. The molecule has 0 aliphatic rings. The number of carbonyl (C=O) groups excluding carboxylic acids is 1. The molecule has 0 radical (unpaired) electrons. The number of ether oxygens (including phenoxy) is 1. The summed E-state index contributed by atoms with van der Waals surface area (Å²) in [5, 5.41) is 20.6. The van der Waals surface area contributed by atoms with Gasteiger partial charge in [-0.1, -0.05) is 13.8 Å². The molecule has 2 rings (SSSR count). The molecule has 0 bridgehead atoms. The minimum atomic E-state index is -0.682. The summed E-state index contributed by atoms with van der Waals surface area (Å²) in [6, 6.07) is 3.90. The predicted octanol–water partition coefficient (Wildman–Crippen LogP) is 2.56. The van der Waals surface area contributed by atoms with Gasteiger partial charge in [-0.3, -0.25) is 0 Å². The first-order valence-electron chi connectivity index (χ1n) is 8.72. The van der Waals surface area contributed by atoms with Gasteiger partial charge in [0.15, 0.2) is 12.4 Å². The van der Waals surface area contributed by atoms with E-state index in [1.54, 1.807) is 10.8 Å². The summed E-state index contributed by atoms with van der Waals surface area (Å²) < 4.78 is 8.98. The third kappa shape index (κ3) is 4.36. The van der Waals surface area contributed by atoms with Crippen LogP contribution in [0.2, 0.25) is 0 Å². The molecule has 0 atom stereocenters. The first-order chi connectivity index (χ1) is 12.5. The fourth-order valence-electron chi connectivity index (χ4n) is 2.75. The summed E-state index contributed by atoms with van der Waals surface area (Å²) >= 11 is 0. The van der Waals surface area contributed by atoms with Crippen molar-refractivity contribution in [1.29, 1.82) is 5.26 Å². The van der Waals surface area contributed by atoms with Crippen molar-refractivity contribution in [3.63, 3.8) is 0 Å². The Bertz CT molecular complexity index is 840. The summed E-state index contributed by atoms with van der Waals surface area (Å²) in [4.78, 5) is 12.3. The highest BCUT2D eigenvalue weighted by Gasteiger charge is 2.15. The molecule has 2 heterocycles. The molecule has 138 valence electrons. The monoisotopic (exact) mass is 356 g/mol. The second-order valence-corrected chi connectivity index (χ2v) is 6.04. The summed E-state index contributed by atoms with van der Waals surface area (Å²) in [5.74, 6) is -0.225. The Morgan fingerprint density at radius 2 is 2.04 bits per heavy atom. The zero-order valence-corrected chi connectivity index (χ0v) is 15.7. The minimum Gasteiger partial charge on any atom is -0.453 e. The van der Waals surface area contributed by atoms with Crippen LogP contribution in [0, 0.1) is 25.2 Å². The maximum atomic E-state index is 12.3. The molecule has 0 amide bonds. The molecule has 0 N–H and O–H groups in total. The average Bonchev–Trinajstić information content (AvgIpc) is 3.17. The highest BCUT2D eigenvalue weighted by atomic mass is 16.5. The van der Waals surface area contributed by atoms with Gasteiger partial charge in [0.1, 0.15) is 11.6 Å². The fourth-order valence-corrected chi connectivity index (χ4v) is 2.75. The van der Waals surface area contributed by atoms with Gasteiger partial charge in [0.25, 0.3) is 0 Å². The van der Waals surface area contributed by atoms with Gasteiger partial charge < -0.3 is 9.30 Å². The standard InChI is InChI=1S/C18H24N6O2/c1-5-7-23-13(3)9-15(14(23)4)10-16(11-19)18(25)26-12-17-20-21-22-24(17)8-6-2/h9-10H,5-8,12H2,1-4H3/b16-10+. The van der Waals surface area contributed by atoms with Crippen LogP contribution in [-0.2, 0) is 29.2 Å². The average molecular weight is 356 g/mol. The van der Waals surface area contributed by atoms with Gasteiger partial charge in [-0.05, 0) is 54.8 Å². The van der Waals surface area contributed by atoms with Crippen LogP contribution >= 0.6 is 0 Å². The largest absolute Gasteiger partial charge is 0.453 e. The van der Waals surface area contributed by atoms with Gasteiger partial charge in [0.2, 0.25) is 0 Å². The van der Waals surface area contributed by atoms with Gasteiger partial charge in [-0.2, -0.15) is 5.26 Å². The number of aryl methyl sites for hydroxylation is 2. The molecular weight excluding hydrogens is 332 g/mol. The summed E-state index contributed by atoms with van der Waals surface area (Å²) in [5.41, 5.74) is 2.92. The molecule has 0 aromatic carbocycles. The van der Waals surface area contributed by atoms with E-state index in [-0.39, 0.29) is 12.2 Å². The number of hydrogen-bond acceptors (Lipinski definition) is 6. The molecular formula is C18H24N6O2. The van der Waals surface area contributed by atoms with Crippen molar-refractivity contribution in [3.8, 4) is 6.07 Å². The van der Waals surface area contributed by atoms with Crippen LogP contribution in [0.4, 0.5) is 0 Å². The first kappa shape index (κ1) is 19.4. The van der Waals surface area contributed by atoms with Crippen LogP contribution in [0.1, 0.15) is 49.5 Å². The Morgan fingerprint density at radius 1 is 1.31 bits per heavy atom. The van der Waals surface area contributed by atoms with E-state index in [9.17, 15) is 10.1 Å². The molecule has 0 aliphatic carbocycles. The van der Waals surface area contributed by atoms with Crippen LogP contribution in [0.5, 0.6) is 0 Å². The van der Waals surface area contributed by atoms with E-state index < -0.39 is 5.97 Å². The van der Waals surface area contributed by atoms with Crippen LogP contribution in [0.3, 0.4) is 0 Å². The topological polar surface area (TPSA) is 98.6 Å². The number of nitrogens with zero attached hydrogens (tertiary/aromatic N) is 6. The molecule has 8 nitrogen and oxygen atoms in total. The number of esters is 1. The van der Waals surface area contributed by atoms with Crippen molar-refractivity contribution in [2.24, 2.45) is 0 Å². The van der Waals surface area contributed by atoms with Crippen LogP contribution < -0.4 is 0 Å². The minimum absolute atomic E-state index is 0.0451. The zero-order chi connectivity index (χ0) is 19.1.